The number of carbonyl (C=O) groups is 1. The van der Waals surface area contributed by atoms with Crippen LogP contribution in [-0.4, -0.2) is 13.0 Å². The highest BCUT2D eigenvalue weighted by atomic mass is 35.5. The van der Waals surface area contributed by atoms with Crippen molar-refractivity contribution in [2.45, 2.75) is 6.17 Å². The second-order valence-electron chi connectivity index (χ2n) is 5.99. The monoisotopic (exact) mass is 364 g/mol. The molecular weight excluding hydrogens is 348 g/mol. The van der Waals surface area contributed by atoms with Crippen LogP contribution in [0.15, 0.2) is 72.8 Å². The first-order valence-electron chi connectivity index (χ1n) is 8.26. The molecular formula is C21H17ClN2O2. The molecule has 3 aromatic rings. The quantitative estimate of drug-likeness (QED) is 0.701. The van der Waals surface area contributed by atoms with Gasteiger partial charge in [-0.05, 0) is 42.5 Å². The largest absolute Gasteiger partial charge is 0.496 e. The molecule has 0 spiro atoms. The fraction of sp³-hybridized carbons (Fsp3) is 0.0952. The Hall–Kier alpha value is -2.98. The van der Waals surface area contributed by atoms with Gasteiger partial charge in [-0.3, -0.25) is 9.69 Å². The highest BCUT2D eigenvalue weighted by Gasteiger charge is 2.35. The predicted molar refractivity (Wildman–Crippen MR) is 104 cm³/mol. The number of hydrogen-bond acceptors (Lipinski definition) is 3. The summed E-state index contributed by atoms with van der Waals surface area (Å²) >= 11 is 6.03. The summed E-state index contributed by atoms with van der Waals surface area (Å²) in [6.45, 7) is 0. The number of halogens is 1. The number of amides is 1. The summed E-state index contributed by atoms with van der Waals surface area (Å²) in [5.41, 5.74) is 3.08. The first-order chi connectivity index (χ1) is 12.7. The van der Waals surface area contributed by atoms with E-state index in [0.29, 0.717) is 10.6 Å². The minimum atomic E-state index is -0.394. The van der Waals surface area contributed by atoms with Gasteiger partial charge in [0.15, 0.2) is 0 Å². The van der Waals surface area contributed by atoms with Crippen LogP contribution in [0.3, 0.4) is 0 Å². The number of hydrogen-bond donors (Lipinski definition) is 1. The smallest absolute Gasteiger partial charge is 0.262 e. The zero-order chi connectivity index (χ0) is 18.1. The molecule has 0 saturated heterocycles. The summed E-state index contributed by atoms with van der Waals surface area (Å²) in [6.07, 6.45) is -0.394. The number of ether oxygens (including phenoxy) is 1. The number of fused-ring (bicyclic) bond motifs is 1. The third-order valence-electron chi connectivity index (χ3n) is 4.47. The topological polar surface area (TPSA) is 41.6 Å². The first kappa shape index (κ1) is 16.5. The second-order valence-corrected chi connectivity index (χ2v) is 6.42. The Kier molecular flexibility index (Phi) is 4.27. The lowest BCUT2D eigenvalue weighted by Crippen LogP contribution is -2.43. The van der Waals surface area contributed by atoms with Crippen molar-refractivity contribution >= 4 is 28.9 Å². The normalized spacial score (nSPS) is 16.0. The molecule has 5 heteroatoms. The minimum Gasteiger partial charge on any atom is -0.496 e. The van der Waals surface area contributed by atoms with Gasteiger partial charge in [0.1, 0.15) is 11.9 Å². The third-order valence-corrected chi connectivity index (χ3v) is 4.72. The standard InChI is InChI=1S/C21H17ClN2O2/c1-26-19-9-5-3-7-17(19)20-23-18-8-4-2-6-16(18)21(25)24(20)15-12-10-14(22)11-13-15/h2-13,20,23H,1H3. The fourth-order valence-electron chi connectivity index (χ4n) is 3.23. The molecule has 0 aliphatic carbocycles. The molecule has 4 rings (SSSR count). The van der Waals surface area contributed by atoms with Gasteiger partial charge < -0.3 is 10.1 Å². The molecule has 130 valence electrons. The molecule has 1 aliphatic heterocycles. The van der Waals surface area contributed by atoms with E-state index >= 15 is 0 Å². The number of para-hydroxylation sites is 2. The number of carbonyl (C=O) groups excluding carboxylic acids is 1. The Bertz CT molecular complexity index is 956. The zero-order valence-electron chi connectivity index (χ0n) is 14.1. The van der Waals surface area contributed by atoms with E-state index in [0.717, 1.165) is 22.7 Å². The van der Waals surface area contributed by atoms with Crippen molar-refractivity contribution in [2.75, 3.05) is 17.3 Å². The van der Waals surface area contributed by atoms with Gasteiger partial charge in [-0.1, -0.05) is 41.9 Å². The van der Waals surface area contributed by atoms with Crippen molar-refractivity contribution in [3.05, 3.63) is 88.9 Å². The van der Waals surface area contributed by atoms with Gasteiger partial charge in [0.2, 0.25) is 0 Å². The van der Waals surface area contributed by atoms with Gasteiger partial charge in [0.25, 0.3) is 5.91 Å². The van der Waals surface area contributed by atoms with Crippen molar-refractivity contribution in [1.82, 2.24) is 0 Å². The van der Waals surface area contributed by atoms with Gasteiger partial charge >= 0.3 is 0 Å². The fourth-order valence-corrected chi connectivity index (χ4v) is 3.36. The van der Waals surface area contributed by atoms with E-state index in [-0.39, 0.29) is 5.91 Å². The number of nitrogens with zero attached hydrogens (tertiary/aromatic N) is 1. The zero-order valence-corrected chi connectivity index (χ0v) is 14.9. The predicted octanol–water partition coefficient (Wildman–Crippen LogP) is 5.12. The summed E-state index contributed by atoms with van der Waals surface area (Å²) in [5, 5.41) is 4.10. The molecule has 1 N–H and O–H groups in total. The van der Waals surface area contributed by atoms with Crippen LogP contribution < -0.4 is 15.0 Å². The van der Waals surface area contributed by atoms with Crippen molar-refractivity contribution in [2.24, 2.45) is 0 Å². The molecule has 1 heterocycles. The van der Waals surface area contributed by atoms with Crippen LogP contribution in [0.5, 0.6) is 5.75 Å². The Morgan fingerprint density at radius 2 is 1.65 bits per heavy atom. The van der Waals surface area contributed by atoms with E-state index in [9.17, 15) is 4.79 Å². The van der Waals surface area contributed by atoms with E-state index in [2.05, 4.69) is 5.32 Å². The van der Waals surface area contributed by atoms with Crippen LogP contribution in [0.2, 0.25) is 5.02 Å². The van der Waals surface area contributed by atoms with E-state index in [1.807, 2.05) is 60.7 Å². The summed E-state index contributed by atoms with van der Waals surface area (Å²) in [7, 11) is 1.63. The molecule has 0 bridgehead atoms. The van der Waals surface area contributed by atoms with Crippen molar-refractivity contribution in [1.29, 1.82) is 0 Å². The highest BCUT2D eigenvalue weighted by molar-refractivity contribution is 6.30. The Balaban J connectivity index is 1.89. The lowest BCUT2D eigenvalue weighted by molar-refractivity contribution is 0.0974. The van der Waals surface area contributed by atoms with Crippen molar-refractivity contribution in [3.8, 4) is 5.75 Å². The Morgan fingerprint density at radius 3 is 2.42 bits per heavy atom. The SMILES string of the molecule is COc1ccccc1C1Nc2ccccc2C(=O)N1c1ccc(Cl)cc1. The molecule has 0 radical (unpaired) electrons. The van der Waals surface area contributed by atoms with E-state index < -0.39 is 6.17 Å². The van der Waals surface area contributed by atoms with Crippen molar-refractivity contribution < 1.29 is 9.53 Å². The van der Waals surface area contributed by atoms with Crippen LogP contribution in [0.4, 0.5) is 11.4 Å². The van der Waals surface area contributed by atoms with Gasteiger partial charge in [-0.2, -0.15) is 0 Å². The molecule has 1 amide bonds. The van der Waals surface area contributed by atoms with E-state index in [1.54, 1.807) is 24.1 Å². The maximum Gasteiger partial charge on any atom is 0.262 e. The number of rotatable bonds is 3. The van der Waals surface area contributed by atoms with Crippen LogP contribution in [0, 0.1) is 0 Å². The van der Waals surface area contributed by atoms with Gasteiger partial charge in [0.05, 0.1) is 12.7 Å². The van der Waals surface area contributed by atoms with Gasteiger partial charge in [0, 0.05) is 22.0 Å². The lowest BCUT2D eigenvalue weighted by Gasteiger charge is -2.38. The number of nitrogens with one attached hydrogen (secondary N) is 1. The van der Waals surface area contributed by atoms with Gasteiger partial charge in [-0.25, -0.2) is 0 Å². The number of anilines is 2. The minimum absolute atomic E-state index is 0.0717. The molecule has 4 nitrogen and oxygen atoms in total. The van der Waals surface area contributed by atoms with Crippen molar-refractivity contribution in [3.63, 3.8) is 0 Å². The first-order valence-corrected chi connectivity index (χ1v) is 8.64. The molecule has 0 aromatic heterocycles. The molecule has 1 aliphatic rings. The summed E-state index contributed by atoms with van der Waals surface area (Å²) in [4.78, 5) is 15.0. The van der Waals surface area contributed by atoms with Crippen LogP contribution >= 0.6 is 11.6 Å². The summed E-state index contributed by atoms with van der Waals surface area (Å²) < 4.78 is 5.53. The Labute approximate surface area is 157 Å². The van der Waals surface area contributed by atoms with Crippen LogP contribution in [0.1, 0.15) is 22.1 Å². The third kappa shape index (κ3) is 2.78. The average molecular weight is 365 g/mol. The van der Waals surface area contributed by atoms with E-state index in [1.165, 1.54) is 0 Å². The molecule has 0 saturated carbocycles. The van der Waals surface area contributed by atoms with Crippen LogP contribution in [0.25, 0.3) is 0 Å². The summed E-state index contributed by atoms with van der Waals surface area (Å²) in [6, 6.07) is 22.5. The van der Waals surface area contributed by atoms with Gasteiger partial charge in [-0.15, -0.1) is 0 Å². The average Bonchev–Trinajstić information content (AvgIpc) is 2.69. The molecule has 1 unspecified atom stereocenters. The lowest BCUT2D eigenvalue weighted by atomic mass is 10.0. The summed E-state index contributed by atoms with van der Waals surface area (Å²) in [5.74, 6) is 0.647. The Morgan fingerprint density at radius 1 is 0.962 bits per heavy atom. The van der Waals surface area contributed by atoms with E-state index in [4.69, 9.17) is 16.3 Å². The highest BCUT2D eigenvalue weighted by Crippen LogP contribution is 2.39. The second kappa shape index (κ2) is 6.73. The maximum absolute atomic E-state index is 13.3. The maximum atomic E-state index is 13.3. The molecule has 0 fully saturated rings. The number of methoxy groups -OCH3 is 1. The number of benzene rings is 3. The van der Waals surface area contributed by atoms with Crippen LogP contribution in [-0.2, 0) is 0 Å². The molecule has 1 atom stereocenters. The molecule has 26 heavy (non-hydrogen) atoms. The molecule has 3 aromatic carbocycles.